The molecule has 0 radical (unpaired) electrons. The Kier molecular flexibility index (Phi) is 4.39. The number of rotatable bonds is 3. The highest BCUT2D eigenvalue weighted by Crippen LogP contribution is 2.38. The van der Waals surface area contributed by atoms with Crippen LogP contribution in [0, 0.1) is 5.82 Å². The molecule has 0 bridgehead atoms. The highest BCUT2D eigenvalue weighted by Gasteiger charge is 2.21. The number of nitrogens with zero attached hydrogens (tertiary/aromatic N) is 1. The summed E-state index contributed by atoms with van der Waals surface area (Å²) < 4.78 is 44.2. The Hall–Kier alpha value is -1.51. The summed E-state index contributed by atoms with van der Waals surface area (Å²) in [6, 6.07) is 9.61. The number of hydrogen-bond acceptors (Lipinski definition) is 4. The fourth-order valence-electron chi connectivity index (χ4n) is 1.98. The fourth-order valence-corrected chi connectivity index (χ4v) is 4.40. The van der Waals surface area contributed by atoms with Gasteiger partial charge in [-0.15, -0.1) is 0 Å². The predicted molar refractivity (Wildman–Crippen MR) is 91.4 cm³/mol. The van der Waals surface area contributed by atoms with Crippen LogP contribution in [-0.2, 0) is 10.1 Å². The Bertz CT molecular complexity index is 992. The fraction of sp³-hybridized carbons (Fsp3) is 0. The Morgan fingerprint density at radius 3 is 2.43 bits per heavy atom. The van der Waals surface area contributed by atoms with E-state index in [1.54, 1.807) is 24.4 Å². The lowest BCUT2D eigenvalue weighted by molar-refractivity contribution is 0.486. The minimum atomic E-state index is -4.11. The first-order valence-electron chi connectivity index (χ1n) is 6.31. The lowest BCUT2D eigenvalue weighted by Crippen LogP contribution is -2.10. The van der Waals surface area contributed by atoms with E-state index in [-0.39, 0.29) is 10.6 Å². The van der Waals surface area contributed by atoms with Crippen LogP contribution >= 0.6 is 31.9 Å². The lowest BCUT2D eigenvalue weighted by Gasteiger charge is -2.12. The van der Waals surface area contributed by atoms with Crippen LogP contribution in [0.25, 0.3) is 10.9 Å². The van der Waals surface area contributed by atoms with Crippen molar-refractivity contribution in [2.75, 3.05) is 0 Å². The predicted octanol–water partition coefficient (Wildman–Crippen LogP) is 4.67. The average molecular weight is 461 g/mol. The Morgan fingerprint density at radius 1 is 1.04 bits per heavy atom. The zero-order valence-electron chi connectivity index (χ0n) is 11.3. The molecule has 1 aromatic heterocycles. The van der Waals surface area contributed by atoms with Crippen LogP contribution in [0.3, 0.4) is 0 Å². The molecule has 0 aliphatic carbocycles. The molecule has 0 atom stereocenters. The smallest absolute Gasteiger partial charge is 0.339 e. The summed E-state index contributed by atoms with van der Waals surface area (Å²) in [4.78, 5) is 4.04. The van der Waals surface area contributed by atoms with Gasteiger partial charge in [0.25, 0.3) is 0 Å². The van der Waals surface area contributed by atoms with Crippen molar-refractivity contribution < 1.29 is 17.0 Å². The van der Waals surface area contributed by atoms with Crippen molar-refractivity contribution in [3.63, 3.8) is 0 Å². The van der Waals surface area contributed by atoms with Crippen LogP contribution in [0.15, 0.2) is 62.5 Å². The van der Waals surface area contributed by atoms with Crippen molar-refractivity contribution in [2.45, 2.75) is 4.90 Å². The molecule has 0 amide bonds. The van der Waals surface area contributed by atoms with Crippen LogP contribution in [0.1, 0.15) is 0 Å². The number of hydrogen-bond donors (Lipinski definition) is 0. The highest BCUT2D eigenvalue weighted by atomic mass is 79.9. The zero-order chi connectivity index (χ0) is 16.6. The van der Waals surface area contributed by atoms with Crippen LogP contribution < -0.4 is 4.18 Å². The molecule has 0 unspecified atom stereocenters. The summed E-state index contributed by atoms with van der Waals surface area (Å²) >= 11 is 6.68. The van der Waals surface area contributed by atoms with Crippen LogP contribution in [0.5, 0.6) is 5.75 Å². The van der Waals surface area contributed by atoms with Gasteiger partial charge in [0, 0.05) is 16.1 Å². The number of fused-ring (bicyclic) bond motifs is 1. The van der Waals surface area contributed by atoms with Crippen molar-refractivity contribution in [1.29, 1.82) is 0 Å². The van der Waals surface area contributed by atoms with Gasteiger partial charge in [-0.3, -0.25) is 4.98 Å². The van der Waals surface area contributed by atoms with Gasteiger partial charge >= 0.3 is 10.1 Å². The monoisotopic (exact) mass is 459 g/mol. The largest absolute Gasteiger partial charge is 0.375 e. The minimum Gasteiger partial charge on any atom is -0.375 e. The maximum absolute atomic E-state index is 13.0. The Morgan fingerprint density at radius 2 is 1.74 bits per heavy atom. The van der Waals surface area contributed by atoms with Crippen molar-refractivity contribution in [3.05, 3.63) is 63.4 Å². The quantitative estimate of drug-likeness (QED) is 0.533. The molecule has 118 valence electrons. The molecular weight excluding hydrogens is 453 g/mol. The summed E-state index contributed by atoms with van der Waals surface area (Å²) in [6.45, 7) is 0. The van der Waals surface area contributed by atoms with Gasteiger partial charge in [-0.25, -0.2) is 4.39 Å². The first-order valence-corrected chi connectivity index (χ1v) is 9.31. The summed E-state index contributed by atoms with van der Waals surface area (Å²) in [5.74, 6) is -0.450. The molecular formula is C15H8Br2FNO3S. The summed E-state index contributed by atoms with van der Waals surface area (Å²) in [5.41, 5.74) is 0.388. The van der Waals surface area contributed by atoms with Gasteiger partial charge in [-0.1, -0.05) is 22.0 Å². The van der Waals surface area contributed by atoms with Gasteiger partial charge in [0.15, 0.2) is 5.75 Å². The van der Waals surface area contributed by atoms with Gasteiger partial charge in [0.1, 0.15) is 16.2 Å². The van der Waals surface area contributed by atoms with Gasteiger partial charge in [0.05, 0.1) is 4.47 Å². The van der Waals surface area contributed by atoms with E-state index < -0.39 is 15.9 Å². The summed E-state index contributed by atoms with van der Waals surface area (Å²) in [5, 5.41) is 0.708. The third-order valence-electron chi connectivity index (χ3n) is 3.05. The van der Waals surface area contributed by atoms with E-state index in [9.17, 15) is 12.8 Å². The van der Waals surface area contributed by atoms with Crippen molar-refractivity contribution >= 4 is 52.9 Å². The standard InChI is InChI=1S/C15H8Br2FNO3S/c16-12-8-13(17)15(14-11(12)2-1-7-19-14)22-23(20,21)10-5-3-9(18)4-6-10/h1-8H. The van der Waals surface area contributed by atoms with Crippen LogP contribution in [-0.4, -0.2) is 13.4 Å². The Labute approximate surface area is 148 Å². The summed E-state index contributed by atoms with van der Waals surface area (Å²) in [7, 11) is -4.11. The Balaban J connectivity index is 2.13. The first-order chi connectivity index (χ1) is 10.9. The van der Waals surface area contributed by atoms with Crippen molar-refractivity contribution in [1.82, 2.24) is 4.98 Å². The van der Waals surface area contributed by atoms with Gasteiger partial charge in [0.2, 0.25) is 0 Å². The van der Waals surface area contributed by atoms with Crippen LogP contribution in [0.2, 0.25) is 0 Å². The van der Waals surface area contributed by atoms with Gasteiger partial charge in [-0.05, 0) is 52.3 Å². The average Bonchev–Trinajstić information content (AvgIpc) is 2.52. The SMILES string of the molecule is O=S(=O)(Oc1c(Br)cc(Br)c2cccnc12)c1ccc(F)cc1. The molecule has 0 aliphatic rings. The molecule has 8 heteroatoms. The second-order valence-electron chi connectivity index (χ2n) is 4.56. The van der Waals surface area contributed by atoms with E-state index in [1.165, 1.54) is 0 Å². The van der Waals surface area contributed by atoms with Crippen molar-refractivity contribution in [3.8, 4) is 5.75 Å². The molecule has 0 N–H and O–H groups in total. The molecule has 0 spiro atoms. The third-order valence-corrected chi connectivity index (χ3v) is 5.53. The van der Waals surface area contributed by atoms with Gasteiger partial charge < -0.3 is 4.18 Å². The normalized spacial score (nSPS) is 11.6. The third kappa shape index (κ3) is 3.24. The summed E-state index contributed by atoms with van der Waals surface area (Å²) in [6.07, 6.45) is 1.54. The van der Waals surface area contributed by atoms with E-state index in [0.717, 1.165) is 28.7 Å². The second-order valence-corrected chi connectivity index (χ2v) is 7.82. The topological polar surface area (TPSA) is 56.3 Å². The molecule has 2 aromatic carbocycles. The van der Waals surface area contributed by atoms with Crippen LogP contribution in [0.4, 0.5) is 4.39 Å². The number of pyridine rings is 1. The number of halogens is 3. The highest BCUT2D eigenvalue weighted by molar-refractivity contribution is 9.11. The molecule has 3 rings (SSSR count). The molecule has 0 saturated heterocycles. The van der Waals surface area contributed by atoms with E-state index in [1.807, 2.05) is 0 Å². The molecule has 23 heavy (non-hydrogen) atoms. The van der Waals surface area contributed by atoms with Gasteiger partial charge in [-0.2, -0.15) is 8.42 Å². The van der Waals surface area contributed by atoms with E-state index in [4.69, 9.17) is 4.18 Å². The minimum absolute atomic E-state index is 0.0770. The molecule has 1 heterocycles. The van der Waals surface area contributed by atoms with Crippen molar-refractivity contribution in [2.24, 2.45) is 0 Å². The molecule has 0 fully saturated rings. The lowest BCUT2D eigenvalue weighted by atomic mass is 10.2. The molecule has 0 saturated carbocycles. The number of benzene rings is 2. The second kappa shape index (κ2) is 6.18. The molecule has 3 aromatic rings. The van der Waals surface area contributed by atoms with E-state index in [0.29, 0.717) is 15.4 Å². The molecule has 4 nitrogen and oxygen atoms in total. The number of aromatic nitrogens is 1. The van der Waals surface area contributed by atoms with E-state index in [2.05, 4.69) is 36.8 Å². The maximum Gasteiger partial charge on any atom is 0.339 e. The zero-order valence-corrected chi connectivity index (χ0v) is 15.3. The maximum atomic E-state index is 13.0. The van der Waals surface area contributed by atoms with E-state index >= 15 is 0 Å². The first kappa shape index (κ1) is 16.4. The molecule has 0 aliphatic heterocycles.